The molecule has 0 radical (unpaired) electrons. The Hall–Kier alpha value is -1.89. The highest BCUT2D eigenvalue weighted by molar-refractivity contribution is 9.10. The fourth-order valence-electron chi connectivity index (χ4n) is 2.67. The number of amides is 2. The molecule has 1 heterocycles. The van der Waals surface area contributed by atoms with Crippen LogP contribution in [0.1, 0.15) is 44.2 Å². The van der Waals surface area contributed by atoms with Crippen molar-refractivity contribution in [1.82, 2.24) is 10.2 Å². The number of hydrogen-bond donors (Lipinski definition) is 1. The van der Waals surface area contributed by atoms with E-state index in [2.05, 4.69) is 21.2 Å². The van der Waals surface area contributed by atoms with Gasteiger partial charge in [0, 0.05) is 17.4 Å². The lowest BCUT2D eigenvalue weighted by Gasteiger charge is -2.19. The van der Waals surface area contributed by atoms with E-state index in [1.54, 1.807) is 0 Å². The number of hydrogen-bond acceptors (Lipinski definition) is 4. The van der Waals surface area contributed by atoms with Gasteiger partial charge < -0.3 is 15.0 Å². The average molecular weight is 411 g/mol. The van der Waals surface area contributed by atoms with E-state index in [1.807, 2.05) is 31.2 Å². The van der Waals surface area contributed by atoms with Crippen molar-refractivity contribution in [1.29, 1.82) is 0 Å². The summed E-state index contributed by atoms with van der Waals surface area (Å²) < 4.78 is 5.96. The molecule has 1 fully saturated rings. The standard InChI is InChI=1S/C18H23BrN2O4/c1-13(14-6-8-15(19)9-7-14)20-16(22)12-25-18(24)11-21-10-4-2-3-5-17(21)23/h6-9,13H,2-5,10-12H2,1H3,(H,20,22)/t13-/m0/s1. The van der Waals surface area contributed by atoms with Crippen LogP contribution in [0, 0.1) is 0 Å². The van der Waals surface area contributed by atoms with Crippen LogP contribution in [0.3, 0.4) is 0 Å². The summed E-state index contributed by atoms with van der Waals surface area (Å²) in [5.41, 5.74) is 0.957. The second kappa shape index (κ2) is 9.56. The number of carbonyl (C=O) groups excluding carboxylic acids is 3. The van der Waals surface area contributed by atoms with Crippen LogP contribution in [0.5, 0.6) is 0 Å². The van der Waals surface area contributed by atoms with Crippen molar-refractivity contribution in [2.24, 2.45) is 0 Å². The van der Waals surface area contributed by atoms with Crippen molar-refractivity contribution in [3.63, 3.8) is 0 Å². The van der Waals surface area contributed by atoms with Crippen LogP contribution in [0.25, 0.3) is 0 Å². The van der Waals surface area contributed by atoms with Gasteiger partial charge >= 0.3 is 5.97 Å². The lowest BCUT2D eigenvalue weighted by molar-refractivity contribution is -0.152. The third kappa shape index (κ3) is 6.49. The molecule has 0 spiro atoms. The normalized spacial score (nSPS) is 16.1. The highest BCUT2D eigenvalue weighted by Crippen LogP contribution is 2.16. The van der Waals surface area contributed by atoms with Gasteiger partial charge in [0.1, 0.15) is 6.54 Å². The summed E-state index contributed by atoms with van der Waals surface area (Å²) in [4.78, 5) is 37.2. The monoisotopic (exact) mass is 410 g/mol. The molecule has 2 amide bonds. The Labute approximate surface area is 156 Å². The average Bonchev–Trinajstić information content (AvgIpc) is 2.78. The number of ether oxygens (including phenoxy) is 1. The lowest BCUT2D eigenvalue weighted by atomic mass is 10.1. The van der Waals surface area contributed by atoms with E-state index in [-0.39, 0.29) is 31.0 Å². The van der Waals surface area contributed by atoms with Crippen molar-refractivity contribution in [2.75, 3.05) is 19.7 Å². The molecule has 0 unspecified atom stereocenters. The second-order valence-electron chi connectivity index (χ2n) is 6.13. The van der Waals surface area contributed by atoms with Gasteiger partial charge in [-0.2, -0.15) is 0 Å². The molecule has 1 aromatic rings. The van der Waals surface area contributed by atoms with E-state index >= 15 is 0 Å². The minimum atomic E-state index is -0.554. The van der Waals surface area contributed by atoms with Crippen molar-refractivity contribution in [3.05, 3.63) is 34.3 Å². The third-order valence-corrected chi connectivity index (χ3v) is 4.63. The maximum atomic E-state index is 11.9. The summed E-state index contributed by atoms with van der Waals surface area (Å²) in [7, 11) is 0. The third-order valence-electron chi connectivity index (χ3n) is 4.10. The minimum absolute atomic E-state index is 0.0252. The summed E-state index contributed by atoms with van der Waals surface area (Å²) in [5.74, 6) is -0.949. The van der Waals surface area contributed by atoms with Crippen LogP contribution in [0.15, 0.2) is 28.7 Å². The number of benzene rings is 1. The predicted octanol–water partition coefficient (Wildman–Crippen LogP) is 2.57. The molecule has 2 rings (SSSR count). The zero-order valence-corrected chi connectivity index (χ0v) is 15.9. The van der Waals surface area contributed by atoms with Gasteiger partial charge in [-0.05, 0) is 37.5 Å². The first-order valence-electron chi connectivity index (χ1n) is 8.44. The van der Waals surface area contributed by atoms with E-state index in [0.29, 0.717) is 13.0 Å². The Morgan fingerprint density at radius 1 is 1.24 bits per heavy atom. The van der Waals surface area contributed by atoms with E-state index in [9.17, 15) is 14.4 Å². The first-order chi connectivity index (χ1) is 12.0. The molecule has 7 heteroatoms. The van der Waals surface area contributed by atoms with Crippen LogP contribution in [-0.2, 0) is 19.1 Å². The topological polar surface area (TPSA) is 75.7 Å². The molecule has 6 nitrogen and oxygen atoms in total. The summed E-state index contributed by atoms with van der Waals surface area (Å²) in [6.07, 6.45) is 3.22. The largest absolute Gasteiger partial charge is 0.454 e. The number of halogens is 1. The fraction of sp³-hybridized carbons (Fsp3) is 0.500. The Morgan fingerprint density at radius 2 is 1.96 bits per heavy atom. The lowest BCUT2D eigenvalue weighted by Crippen LogP contribution is -2.37. The Bertz CT molecular complexity index is 618. The van der Waals surface area contributed by atoms with Crippen LogP contribution >= 0.6 is 15.9 Å². The van der Waals surface area contributed by atoms with Crippen LogP contribution in [-0.4, -0.2) is 42.4 Å². The zero-order valence-electron chi connectivity index (χ0n) is 14.3. The minimum Gasteiger partial charge on any atom is -0.454 e. The molecule has 1 aromatic carbocycles. The molecule has 0 aromatic heterocycles. The molecule has 1 atom stereocenters. The Kier molecular flexibility index (Phi) is 7.43. The molecule has 136 valence electrons. The Balaban J connectivity index is 1.74. The molecule has 0 aliphatic carbocycles. The number of rotatable bonds is 6. The van der Waals surface area contributed by atoms with Gasteiger partial charge in [0.2, 0.25) is 5.91 Å². The quantitative estimate of drug-likeness (QED) is 0.731. The van der Waals surface area contributed by atoms with Crippen LogP contribution in [0.4, 0.5) is 0 Å². The molecule has 1 N–H and O–H groups in total. The van der Waals surface area contributed by atoms with Crippen molar-refractivity contribution >= 4 is 33.7 Å². The van der Waals surface area contributed by atoms with Gasteiger partial charge in [-0.25, -0.2) is 0 Å². The van der Waals surface area contributed by atoms with Gasteiger partial charge in [-0.3, -0.25) is 14.4 Å². The first-order valence-corrected chi connectivity index (χ1v) is 9.23. The maximum absolute atomic E-state index is 11.9. The van der Waals surface area contributed by atoms with Crippen molar-refractivity contribution in [2.45, 2.75) is 38.6 Å². The first kappa shape index (κ1) is 19.4. The Morgan fingerprint density at radius 3 is 2.68 bits per heavy atom. The predicted molar refractivity (Wildman–Crippen MR) is 96.7 cm³/mol. The van der Waals surface area contributed by atoms with E-state index in [1.165, 1.54) is 4.90 Å². The van der Waals surface area contributed by atoms with E-state index < -0.39 is 5.97 Å². The summed E-state index contributed by atoms with van der Waals surface area (Å²) in [6, 6.07) is 7.43. The smallest absolute Gasteiger partial charge is 0.326 e. The molecule has 1 saturated heterocycles. The van der Waals surface area contributed by atoms with Gasteiger partial charge in [0.15, 0.2) is 6.61 Å². The molecule has 0 bridgehead atoms. The second-order valence-corrected chi connectivity index (χ2v) is 7.04. The van der Waals surface area contributed by atoms with Gasteiger partial charge in [0.05, 0.1) is 6.04 Å². The number of carbonyl (C=O) groups is 3. The number of nitrogens with one attached hydrogen (secondary N) is 1. The molecule has 1 aliphatic heterocycles. The maximum Gasteiger partial charge on any atom is 0.326 e. The highest BCUT2D eigenvalue weighted by atomic mass is 79.9. The molecule has 0 saturated carbocycles. The molecular weight excluding hydrogens is 388 g/mol. The SMILES string of the molecule is C[C@H](NC(=O)COC(=O)CN1CCCCCC1=O)c1ccc(Br)cc1. The van der Waals surface area contributed by atoms with Crippen molar-refractivity contribution < 1.29 is 19.1 Å². The molecule has 1 aliphatic rings. The van der Waals surface area contributed by atoms with Gasteiger partial charge in [-0.1, -0.05) is 34.5 Å². The van der Waals surface area contributed by atoms with E-state index in [0.717, 1.165) is 29.3 Å². The number of esters is 1. The van der Waals surface area contributed by atoms with Crippen molar-refractivity contribution in [3.8, 4) is 0 Å². The molecule has 25 heavy (non-hydrogen) atoms. The number of likely N-dealkylation sites (tertiary alicyclic amines) is 1. The summed E-state index contributed by atoms with van der Waals surface area (Å²) >= 11 is 3.36. The van der Waals surface area contributed by atoms with Gasteiger partial charge in [0.25, 0.3) is 5.91 Å². The summed E-state index contributed by atoms with van der Waals surface area (Å²) in [6.45, 7) is 2.00. The number of nitrogens with zero attached hydrogens (tertiary/aromatic N) is 1. The summed E-state index contributed by atoms with van der Waals surface area (Å²) in [5, 5.41) is 2.78. The van der Waals surface area contributed by atoms with Crippen LogP contribution < -0.4 is 5.32 Å². The molecular formula is C18H23BrN2O4. The van der Waals surface area contributed by atoms with Gasteiger partial charge in [-0.15, -0.1) is 0 Å². The highest BCUT2D eigenvalue weighted by Gasteiger charge is 2.20. The fourth-order valence-corrected chi connectivity index (χ4v) is 2.94. The van der Waals surface area contributed by atoms with Crippen LogP contribution in [0.2, 0.25) is 0 Å². The zero-order chi connectivity index (χ0) is 18.2. The van der Waals surface area contributed by atoms with E-state index in [4.69, 9.17) is 4.74 Å².